The summed E-state index contributed by atoms with van der Waals surface area (Å²) in [5.74, 6) is 0.643. The molecular formula is C12H19N3O2. The quantitative estimate of drug-likeness (QED) is 0.819. The highest BCUT2D eigenvalue weighted by molar-refractivity contribution is 5.10. The van der Waals surface area contributed by atoms with Gasteiger partial charge in [-0.2, -0.15) is 0 Å². The molecule has 1 aliphatic carbocycles. The maximum atomic E-state index is 11.6. The fraction of sp³-hybridized carbons (Fsp3) is 0.667. The highest BCUT2D eigenvalue weighted by Crippen LogP contribution is 2.40. The number of nitrogens with two attached hydrogens (primary N) is 1. The number of hydrogen-bond donors (Lipinski definition) is 2. The summed E-state index contributed by atoms with van der Waals surface area (Å²) in [6.45, 7) is 2.86. The molecule has 1 heterocycles. The molecule has 0 amide bonds. The smallest absolute Gasteiger partial charge is 0.251 e. The van der Waals surface area contributed by atoms with E-state index >= 15 is 0 Å². The van der Waals surface area contributed by atoms with Crippen LogP contribution in [0.25, 0.3) is 0 Å². The molecule has 0 radical (unpaired) electrons. The average molecular weight is 237 g/mol. The lowest BCUT2D eigenvalue weighted by Gasteiger charge is -2.27. The molecule has 1 fully saturated rings. The average Bonchev–Trinajstić information content (AvgIpc) is 2.78. The first-order valence-electron chi connectivity index (χ1n) is 6.15. The zero-order valence-corrected chi connectivity index (χ0v) is 10.2. The lowest BCUT2D eigenvalue weighted by atomic mass is 10.0. The normalized spacial score (nSPS) is 18.5. The van der Waals surface area contributed by atoms with Crippen molar-refractivity contribution < 1.29 is 4.74 Å². The molecule has 94 valence electrons. The molecule has 0 bridgehead atoms. The molecule has 0 unspecified atom stereocenters. The van der Waals surface area contributed by atoms with Crippen LogP contribution >= 0.6 is 0 Å². The molecule has 1 saturated carbocycles. The Kier molecular flexibility index (Phi) is 3.59. The highest BCUT2D eigenvalue weighted by atomic mass is 16.5. The van der Waals surface area contributed by atoms with Gasteiger partial charge in [-0.1, -0.05) is 0 Å². The van der Waals surface area contributed by atoms with Gasteiger partial charge in [0.15, 0.2) is 0 Å². The molecule has 5 nitrogen and oxygen atoms in total. The number of ether oxygens (including phenoxy) is 1. The summed E-state index contributed by atoms with van der Waals surface area (Å²) in [4.78, 5) is 18.8. The minimum Gasteiger partial charge on any atom is -0.367 e. The molecule has 1 aromatic rings. The number of H-pyrrole nitrogens is 1. The molecule has 0 spiro atoms. The maximum Gasteiger partial charge on any atom is 0.251 e. The summed E-state index contributed by atoms with van der Waals surface area (Å²) in [5, 5.41) is 0. The Bertz CT molecular complexity index is 436. The van der Waals surface area contributed by atoms with Gasteiger partial charge < -0.3 is 15.5 Å². The van der Waals surface area contributed by atoms with Crippen molar-refractivity contribution in [3.8, 4) is 0 Å². The Labute approximate surface area is 100 Å². The molecule has 3 N–H and O–H groups in total. The van der Waals surface area contributed by atoms with E-state index < -0.39 is 5.60 Å². The van der Waals surface area contributed by atoms with Crippen LogP contribution in [-0.4, -0.2) is 16.6 Å². The van der Waals surface area contributed by atoms with Crippen molar-refractivity contribution >= 4 is 0 Å². The van der Waals surface area contributed by atoms with E-state index in [1.165, 1.54) is 6.07 Å². The van der Waals surface area contributed by atoms with E-state index in [2.05, 4.69) is 9.97 Å². The number of rotatable bonds is 4. The number of hydrogen-bond acceptors (Lipinski definition) is 4. The Morgan fingerprint density at radius 2 is 2.24 bits per heavy atom. The van der Waals surface area contributed by atoms with E-state index in [0.29, 0.717) is 18.1 Å². The first-order chi connectivity index (χ1) is 8.20. The van der Waals surface area contributed by atoms with Gasteiger partial charge in [0.2, 0.25) is 0 Å². The molecule has 1 aromatic heterocycles. The summed E-state index contributed by atoms with van der Waals surface area (Å²) >= 11 is 0. The topological polar surface area (TPSA) is 81.0 Å². The molecule has 0 saturated heterocycles. The first-order valence-corrected chi connectivity index (χ1v) is 6.15. The minimum absolute atomic E-state index is 0.151. The molecule has 2 rings (SSSR count). The fourth-order valence-corrected chi connectivity index (χ4v) is 2.50. The van der Waals surface area contributed by atoms with E-state index in [1.807, 2.05) is 6.92 Å². The van der Waals surface area contributed by atoms with Gasteiger partial charge in [0, 0.05) is 19.2 Å². The monoisotopic (exact) mass is 237 g/mol. The zero-order valence-electron chi connectivity index (χ0n) is 10.2. The molecular weight excluding hydrogens is 218 g/mol. The maximum absolute atomic E-state index is 11.6. The van der Waals surface area contributed by atoms with E-state index in [1.54, 1.807) is 0 Å². The molecule has 17 heavy (non-hydrogen) atoms. The number of aromatic nitrogens is 2. The van der Waals surface area contributed by atoms with Crippen molar-refractivity contribution in [3.05, 3.63) is 27.9 Å². The van der Waals surface area contributed by atoms with Crippen LogP contribution in [0, 0.1) is 0 Å². The van der Waals surface area contributed by atoms with Gasteiger partial charge in [-0.05, 0) is 32.6 Å². The van der Waals surface area contributed by atoms with Gasteiger partial charge >= 0.3 is 0 Å². The largest absolute Gasteiger partial charge is 0.367 e. The fourth-order valence-electron chi connectivity index (χ4n) is 2.50. The summed E-state index contributed by atoms with van der Waals surface area (Å²) in [7, 11) is 0. The van der Waals surface area contributed by atoms with Gasteiger partial charge in [-0.25, -0.2) is 4.98 Å². The Morgan fingerprint density at radius 3 is 2.82 bits per heavy atom. The SMILES string of the molecule is CCOC1(c2nc(CN)cc(=O)[nH]2)CCCC1. The van der Waals surface area contributed by atoms with Crippen LogP contribution < -0.4 is 11.3 Å². The first kappa shape index (κ1) is 12.3. The number of aromatic amines is 1. The molecule has 0 aromatic carbocycles. The second-order valence-corrected chi connectivity index (χ2v) is 4.42. The predicted molar refractivity (Wildman–Crippen MR) is 64.5 cm³/mol. The van der Waals surface area contributed by atoms with Crippen molar-refractivity contribution in [1.29, 1.82) is 0 Å². The van der Waals surface area contributed by atoms with Crippen LogP contribution in [0.1, 0.15) is 44.1 Å². The van der Waals surface area contributed by atoms with E-state index in [0.717, 1.165) is 25.7 Å². The third-order valence-electron chi connectivity index (χ3n) is 3.27. The Balaban J connectivity index is 2.42. The van der Waals surface area contributed by atoms with Gasteiger partial charge in [-0.15, -0.1) is 0 Å². The summed E-state index contributed by atoms with van der Waals surface area (Å²) in [5.41, 5.74) is 5.61. The predicted octanol–water partition coefficient (Wildman–Crippen LogP) is 1.03. The summed E-state index contributed by atoms with van der Waals surface area (Å²) < 4.78 is 5.86. The Morgan fingerprint density at radius 1 is 1.53 bits per heavy atom. The van der Waals surface area contributed by atoms with Gasteiger partial charge in [-0.3, -0.25) is 4.79 Å². The van der Waals surface area contributed by atoms with Crippen LogP contribution in [0.15, 0.2) is 10.9 Å². The van der Waals surface area contributed by atoms with Gasteiger partial charge in [0.25, 0.3) is 5.56 Å². The molecule has 0 atom stereocenters. The second-order valence-electron chi connectivity index (χ2n) is 4.42. The van der Waals surface area contributed by atoms with E-state index in [-0.39, 0.29) is 12.1 Å². The lowest BCUT2D eigenvalue weighted by Crippen LogP contribution is -2.32. The Hall–Kier alpha value is -1.20. The van der Waals surface area contributed by atoms with E-state index in [9.17, 15) is 4.79 Å². The van der Waals surface area contributed by atoms with Crippen molar-refractivity contribution in [2.45, 2.75) is 44.8 Å². The van der Waals surface area contributed by atoms with Crippen molar-refractivity contribution in [1.82, 2.24) is 9.97 Å². The standard InChI is InChI=1S/C12H19N3O2/c1-2-17-12(5-3-4-6-12)11-14-9(8-13)7-10(16)15-11/h7H,2-6,8,13H2,1H3,(H,14,15,16). The zero-order chi connectivity index (χ0) is 12.3. The van der Waals surface area contributed by atoms with Crippen molar-refractivity contribution in [2.75, 3.05) is 6.61 Å². The lowest BCUT2D eigenvalue weighted by molar-refractivity contribution is -0.0460. The van der Waals surface area contributed by atoms with Gasteiger partial charge in [0.1, 0.15) is 11.4 Å². The van der Waals surface area contributed by atoms with Crippen LogP contribution in [0.4, 0.5) is 0 Å². The van der Waals surface area contributed by atoms with Crippen LogP contribution in [0.2, 0.25) is 0 Å². The van der Waals surface area contributed by atoms with Gasteiger partial charge in [0.05, 0.1) is 5.69 Å². The summed E-state index contributed by atoms with van der Waals surface area (Å²) in [6.07, 6.45) is 4.04. The second kappa shape index (κ2) is 4.98. The van der Waals surface area contributed by atoms with Crippen LogP contribution in [0.3, 0.4) is 0 Å². The van der Waals surface area contributed by atoms with Crippen molar-refractivity contribution in [2.24, 2.45) is 5.73 Å². The molecule has 1 aliphatic rings. The van der Waals surface area contributed by atoms with Crippen molar-refractivity contribution in [3.63, 3.8) is 0 Å². The third-order valence-corrected chi connectivity index (χ3v) is 3.27. The molecule has 0 aliphatic heterocycles. The third kappa shape index (κ3) is 2.40. The number of nitrogens with zero attached hydrogens (tertiary/aromatic N) is 1. The van der Waals surface area contributed by atoms with Crippen LogP contribution in [0.5, 0.6) is 0 Å². The summed E-state index contributed by atoms with van der Waals surface area (Å²) in [6, 6.07) is 1.44. The van der Waals surface area contributed by atoms with Crippen LogP contribution in [-0.2, 0) is 16.9 Å². The molecule has 5 heteroatoms. The highest BCUT2D eigenvalue weighted by Gasteiger charge is 2.38. The number of nitrogens with one attached hydrogen (secondary N) is 1. The minimum atomic E-state index is -0.404. The van der Waals surface area contributed by atoms with E-state index in [4.69, 9.17) is 10.5 Å².